The predicted octanol–water partition coefficient (Wildman–Crippen LogP) is 2.64. The van der Waals surface area contributed by atoms with Gasteiger partial charge in [0.05, 0.1) is 14.9 Å². The standard InChI is InChI=1S/C8H7ClN2OS2/c1-4-8(14-11-10-4)7(12)5-2-3-6(9)13-5/h2-3,7,12H,1H3. The molecule has 2 heterocycles. The van der Waals surface area contributed by atoms with Crippen molar-refractivity contribution < 1.29 is 5.11 Å². The molecule has 0 amide bonds. The highest BCUT2D eigenvalue weighted by Crippen LogP contribution is 2.32. The van der Waals surface area contributed by atoms with Crippen LogP contribution in [0.1, 0.15) is 21.6 Å². The van der Waals surface area contributed by atoms with Crippen LogP contribution >= 0.6 is 34.5 Å². The summed E-state index contributed by atoms with van der Waals surface area (Å²) in [6.45, 7) is 1.83. The molecular weight excluding hydrogens is 240 g/mol. The van der Waals surface area contributed by atoms with Crippen LogP contribution in [0.4, 0.5) is 0 Å². The molecule has 0 aliphatic carbocycles. The van der Waals surface area contributed by atoms with E-state index in [-0.39, 0.29) is 0 Å². The number of halogens is 1. The first kappa shape index (κ1) is 10.0. The topological polar surface area (TPSA) is 46.0 Å². The lowest BCUT2D eigenvalue weighted by Gasteiger charge is -2.04. The van der Waals surface area contributed by atoms with E-state index in [1.807, 2.05) is 13.0 Å². The lowest BCUT2D eigenvalue weighted by molar-refractivity contribution is 0.227. The minimum atomic E-state index is -0.646. The van der Waals surface area contributed by atoms with Crippen molar-refractivity contribution in [1.82, 2.24) is 9.59 Å². The summed E-state index contributed by atoms with van der Waals surface area (Å²) >= 11 is 8.37. The zero-order chi connectivity index (χ0) is 10.1. The number of aromatic nitrogens is 2. The van der Waals surface area contributed by atoms with E-state index in [9.17, 15) is 5.11 Å². The van der Waals surface area contributed by atoms with Crippen LogP contribution in [0.15, 0.2) is 12.1 Å². The molecule has 74 valence electrons. The Kier molecular flexibility index (Phi) is 2.83. The molecule has 0 fully saturated rings. The van der Waals surface area contributed by atoms with Crippen LogP contribution in [0, 0.1) is 6.92 Å². The molecule has 0 bridgehead atoms. The van der Waals surface area contributed by atoms with Gasteiger partial charge in [0.25, 0.3) is 0 Å². The number of aliphatic hydroxyl groups excluding tert-OH is 1. The van der Waals surface area contributed by atoms with E-state index < -0.39 is 6.10 Å². The average Bonchev–Trinajstić information content (AvgIpc) is 2.73. The lowest BCUT2D eigenvalue weighted by Crippen LogP contribution is -1.95. The molecule has 0 aliphatic heterocycles. The van der Waals surface area contributed by atoms with E-state index >= 15 is 0 Å². The van der Waals surface area contributed by atoms with Crippen molar-refractivity contribution in [2.75, 3.05) is 0 Å². The molecule has 2 rings (SSSR count). The summed E-state index contributed by atoms with van der Waals surface area (Å²) in [6, 6.07) is 3.59. The largest absolute Gasteiger partial charge is 0.382 e. The molecule has 0 saturated heterocycles. The number of aryl methyl sites for hydroxylation is 1. The molecule has 14 heavy (non-hydrogen) atoms. The van der Waals surface area contributed by atoms with Crippen LogP contribution in [0.3, 0.4) is 0 Å². The van der Waals surface area contributed by atoms with Crippen LogP contribution in [0.5, 0.6) is 0 Å². The number of thiophene rings is 1. The van der Waals surface area contributed by atoms with Gasteiger partial charge in [-0.15, -0.1) is 16.4 Å². The molecule has 0 saturated carbocycles. The molecule has 0 aliphatic rings. The van der Waals surface area contributed by atoms with Gasteiger partial charge in [-0.2, -0.15) is 0 Å². The van der Waals surface area contributed by atoms with E-state index in [0.29, 0.717) is 4.34 Å². The minimum Gasteiger partial charge on any atom is -0.382 e. The van der Waals surface area contributed by atoms with E-state index in [2.05, 4.69) is 9.59 Å². The maximum Gasteiger partial charge on any atom is 0.126 e. The number of aliphatic hydroxyl groups is 1. The van der Waals surface area contributed by atoms with Crippen LogP contribution in [-0.2, 0) is 0 Å². The molecule has 0 spiro atoms. The fraction of sp³-hybridized carbons (Fsp3) is 0.250. The van der Waals surface area contributed by atoms with Gasteiger partial charge < -0.3 is 5.11 Å². The van der Waals surface area contributed by atoms with E-state index in [1.165, 1.54) is 22.9 Å². The summed E-state index contributed by atoms with van der Waals surface area (Å²) in [5.74, 6) is 0. The highest BCUT2D eigenvalue weighted by Gasteiger charge is 2.17. The van der Waals surface area contributed by atoms with Crippen molar-refractivity contribution in [1.29, 1.82) is 0 Å². The quantitative estimate of drug-likeness (QED) is 0.886. The number of hydrogen-bond acceptors (Lipinski definition) is 5. The third-order valence-electron chi connectivity index (χ3n) is 1.80. The zero-order valence-corrected chi connectivity index (χ0v) is 9.66. The number of rotatable bonds is 2. The Morgan fingerprint density at radius 2 is 2.29 bits per heavy atom. The molecule has 1 atom stereocenters. The van der Waals surface area contributed by atoms with E-state index in [4.69, 9.17) is 11.6 Å². The molecular formula is C8H7ClN2OS2. The van der Waals surface area contributed by atoms with Crippen molar-refractivity contribution in [3.63, 3.8) is 0 Å². The average molecular weight is 247 g/mol. The van der Waals surface area contributed by atoms with Gasteiger partial charge in [0.1, 0.15) is 6.10 Å². The molecule has 6 heteroatoms. The Balaban J connectivity index is 2.33. The predicted molar refractivity (Wildman–Crippen MR) is 58.0 cm³/mol. The SMILES string of the molecule is Cc1nnsc1C(O)c1ccc(Cl)s1. The van der Waals surface area contributed by atoms with Gasteiger partial charge in [-0.25, -0.2) is 0 Å². The zero-order valence-electron chi connectivity index (χ0n) is 7.27. The summed E-state index contributed by atoms with van der Waals surface area (Å²) in [5.41, 5.74) is 0.770. The number of nitrogens with zero attached hydrogens (tertiary/aromatic N) is 2. The molecule has 0 radical (unpaired) electrons. The molecule has 1 unspecified atom stereocenters. The monoisotopic (exact) mass is 246 g/mol. The van der Waals surface area contributed by atoms with Gasteiger partial charge >= 0.3 is 0 Å². The van der Waals surface area contributed by atoms with Crippen molar-refractivity contribution in [2.45, 2.75) is 13.0 Å². The second-order valence-corrected chi connectivity index (χ2v) is 5.30. The molecule has 0 aromatic carbocycles. The second kappa shape index (κ2) is 3.94. The van der Waals surface area contributed by atoms with E-state index in [1.54, 1.807) is 6.07 Å². The summed E-state index contributed by atoms with van der Waals surface area (Å²) < 4.78 is 4.45. The number of hydrogen-bond donors (Lipinski definition) is 1. The maximum absolute atomic E-state index is 9.96. The molecule has 3 nitrogen and oxygen atoms in total. The van der Waals surface area contributed by atoms with Crippen molar-refractivity contribution in [2.24, 2.45) is 0 Å². The lowest BCUT2D eigenvalue weighted by atomic mass is 10.2. The first-order chi connectivity index (χ1) is 6.68. The van der Waals surface area contributed by atoms with E-state index in [0.717, 1.165) is 15.4 Å². The highest BCUT2D eigenvalue weighted by atomic mass is 35.5. The summed E-state index contributed by atoms with van der Waals surface area (Å²) in [7, 11) is 0. The van der Waals surface area contributed by atoms with Gasteiger partial charge in [-0.3, -0.25) is 0 Å². The third-order valence-corrected chi connectivity index (χ3v) is 3.96. The summed E-state index contributed by atoms with van der Waals surface area (Å²) in [6.07, 6.45) is -0.646. The van der Waals surface area contributed by atoms with Crippen LogP contribution in [0.25, 0.3) is 0 Å². The van der Waals surface area contributed by atoms with Crippen molar-refractivity contribution in [3.05, 3.63) is 31.9 Å². The summed E-state index contributed by atoms with van der Waals surface area (Å²) in [5, 5.41) is 13.8. The van der Waals surface area contributed by atoms with Crippen LogP contribution in [-0.4, -0.2) is 14.7 Å². The van der Waals surface area contributed by atoms with Gasteiger partial charge in [0.15, 0.2) is 0 Å². The fourth-order valence-electron chi connectivity index (χ4n) is 1.09. The summed E-state index contributed by atoms with van der Waals surface area (Å²) in [4.78, 5) is 1.60. The Morgan fingerprint density at radius 1 is 1.50 bits per heavy atom. The van der Waals surface area contributed by atoms with Gasteiger partial charge in [-0.1, -0.05) is 16.1 Å². The first-order valence-electron chi connectivity index (χ1n) is 3.90. The maximum atomic E-state index is 9.96. The highest BCUT2D eigenvalue weighted by molar-refractivity contribution is 7.16. The van der Waals surface area contributed by atoms with Gasteiger partial charge in [-0.05, 0) is 30.6 Å². The normalized spacial score (nSPS) is 13.1. The Bertz CT molecular complexity index is 440. The van der Waals surface area contributed by atoms with Crippen LogP contribution in [0.2, 0.25) is 4.34 Å². The van der Waals surface area contributed by atoms with Crippen molar-refractivity contribution in [3.8, 4) is 0 Å². The van der Waals surface area contributed by atoms with Gasteiger partial charge in [0, 0.05) is 4.88 Å². The first-order valence-corrected chi connectivity index (χ1v) is 5.87. The third kappa shape index (κ3) is 1.81. The minimum absolute atomic E-state index is 0.646. The molecule has 1 N–H and O–H groups in total. The Labute approximate surface area is 94.1 Å². The second-order valence-electron chi connectivity index (χ2n) is 2.77. The van der Waals surface area contributed by atoms with Crippen molar-refractivity contribution >= 4 is 34.5 Å². The molecule has 2 aromatic heterocycles. The smallest absolute Gasteiger partial charge is 0.126 e. The van der Waals surface area contributed by atoms with Crippen LogP contribution < -0.4 is 0 Å². The fourth-order valence-corrected chi connectivity index (χ4v) is 2.88. The Hall–Kier alpha value is -0.490. The Morgan fingerprint density at radius 3 is 2.79 bits per heavy atom. The molecule has 2 aromatic rings. The van der Waals surface area contributed by atoms with Gasteiger partial charge in [0.2, 0.25) is 0 Å².